The Hall–Kier alpha value is -7.79. The summed E-state index contributed by atoms with van der Waals surface area (Å²) in [5, 5.41) is 2.46. The van der Waals surface area contributed by atoms with Crippen molar-refractivity contribution in [2.75, 3.05) is 0 Å². The van der Waals surface area contributed by atoms with Crippen molar-refractivity contribution in [3.63, 3.8) is 0 Å². The van der Waals surface area contributed by atoms with E-state index in [2.05, 4.69) is 206 Å². The second kappa shape index (κ2) is 14.7. The summed E-state index contributed by atoms with van der Waals surface area (Å²) in [4.78, 5) is 15.7. The van der Waals surface area contributed by atoms with Gasteiger partial charge in [0.15, 0.2) is 17.5 Å². The van der Waals surface area contributed by atoms with Gasteiger partial charge in [-0.25, -0.2) is 15.0 Å². The highest BCUT2D eigenvalue weighted by Crippen LogP contribution is 2.58. The quantitative estimate of drug-likeness (QED) is 0.161. The van der Waals surface area contributed by atoms with Crippen LogP contribution in [0.1, 0.15) is 22.3 Å². The van der Waals surface area contributed by atoms with E-state index in [9.17, 15) is 0 Å². The van der Waals surface area contributed by atoms with Gasteiger partial charge in [-0.15, -0.1) is 11.3 Å². The molecule has 0 saturated heterocycles. The molecule has 4 heteroatoms. The molecule has 2 heterocycles. The lowest BCUT2D eigenvalue weighted by atomic mass is 9.67. The maximum atomic E-state index is 5.31. The lowest BCUT2D eigenvalue weighted by molar-refractivity contribution is 0.769. The minimum Gasteiger partial charge on any atom is -0.208 e. The second-order valence-corrected chi connectivity index (χ2v) is 16.9. The van der Waals surface area contributed by atoms with E-state index in [1.807, 2.05) is 18.2 Å². The molecule has 0 atom stereocenters. The van der Waals surface area contributed by atoms with Gasteiger partial charge in [-0.2, -0.15) is 0 Å². The molecule has 12 rings (SSSR count). The fourth-order valence-corrected chi connectivity index (χ4v) is 10.9. The lowest BCUT2D eigenvalue weighted by Gasteiger charge is -2.34. The van der Waals surface area contributed by atoms with Gasteiger partial charge in [-0.05, 0) is 86.0 Å². The molecule has 0 aliphatic heterocycles. The average molecular weight is 808 g/mol. The third kappa shape index (κ3) is 5.76. The highest BCUT2D eigenvalue weighted by atomic mass is 32.1. The SMILES string of the molecule is c1ccc(-c2nc(-c3cccc(-c4cc5c(cc4-c4ccccc4)-c4ccccc4C5(c4ccccc4)c4ccccc4)c3)nc(-c3cccc4c3sc3ccccc34)n2)cc1. The molecule has 11 aromatic rings. The molecule has 2 aromatic heterocycles. The Kier molecular flexibility index (Phi) is 8.58. The van der Waals surface area contributed by atoms with E-state index < -0.39 is 5.41 Å². The van der Waals surface area contributed by atoms with Crippen LogP contribution in [0.4, 0.5) is 0 Å². The fourth-order valence-electron chi connectivity index (χ4n) is 9.67. The Labute approximate surface area is 364 Å². The van der Waals surface area contributed by atoms with E-state index in [0.29, 0.717) is 17.5 Å². The van der Waals surface area contributed by atoms with Crippen LogP contribution >= 0.6 is 11.3 Å². The Morgan fingerprint density at radius 3 is 1.56 bits per heavy atom. The van der Waals surface area contributed by atoms with E-state index in [-0.39, 0.29) is 0 Å². The molecular weight excluding hydrogens is 771 g/mol. The van der Waals surface area contributed by atoms with Crippen molar-refractivity contribution in [1.29, 1.82) is 0 Å². The van der Waals surface area contributed by atoms with E-state index in [1.165, 1.54) is 59.1 Å². The molecule has 3 nitrogen and oxygen atoms in total. The average Bonchev–Trinajstić information content (AvgIpc) is 3.88. The predicted molar refractivity (Wildman–Crippen MR) is 257 cm³/mol. The van der Waals surface area contributed by atoms with Gasteiger partial charge in [0, 0.05) is 36.9 Å². The first-order chi connectivity index (χ1) is 30.7. The number of nitrogens with zero attached hydrogens (tertiary/aromatic N) is 3. The van der Waals surface area contributed by atoms with E-state index >= 15 is 0 Å². The first-order valence-electron chi connectivity index (χ1n) is 21.0. The molecule has 1 aliphatic rings. The van der Waals surface area contributed by atoms with Crippen LogP contribution < -0.4 is 0 Å². The Morgan fingerprint density at radius 1 is 0.306 bits per heavy atom. The monoisotopic (exact) mass is 807 g/mol. The molecular formula is C58H37N3S. The summed E-state index contributed by atoms with van der Waals surface area (Å²) in [6.07, 6.45) is 0. The Bertz CT molecular complexity index is 3410. The molecule has 0 saturated carbocycles. The number of rotatable bonds is 7. The third-order valence-electron chi connectivity index (χ3n) is 12.4. The molecule has 9 aromatic carbocycles. The fraction of sp³-hybridized carbons (Fsp3) is 0.0172. The van der Waals surface area contributed by atoms with Gasteiger partial charge in [0.05, 0.1) is 5.41 Å². The molecule has 0 radical (unpaired) electrons. The first kappa shape index (κ1) is 36.1. The van der Waals surface area contributed by atoms with Crippen LogP contribution in [0.5, 0.6) is 0 Å². The lowest BCUT2D eigenvalue weighted by Crippen LogP contribution is -2.28. The van der Waals surface area contributed by atoms with Gasteiger partial charge in [-0.3, -0.25) is 0 Å². The van der Waals surface area contributed by atoms with Crippen molar-refractivity contribution in [2.24, 2.45) is 0 Å². The Morgan fingerprint density at radius 2 is 0.823 bits per heavy atom. The number of hydrogen-bond donors (Lipinski definition) is 0. The summed E-state index contributed by atoms with van der Waals surface area (Å²) in [5.41, 5.74) is 14.4. The number of thiophene rings is 1. The topological polar surface area (TPSA) is 38.7 Å². The molecule has 0 spiro atoms. The van der Waals surface area contributed by atoms with Crippen molar-refractivity contribution >= 4 is 31.5 Å². The normalized spacial score (nSPS) is 12.6. The van der Waals surface area contributed by atoms with Crippen molar-refractivity contribution < 1.29 is 0 Å². The number of fused-ring (bicyclic) bond motifs is 6. The molecule has 290 valence electrons. The standard InChI is InChI=1S/C58H37N3S/c1-5-19-38(20-6-1)48-36-50-44-29-13-15-33-51(44)58(42-25-9-3-10-26-42,43-27-11-4-12-28-43)52(50)37-49(48)40-23-17-24-41(35-40)56-59-55(39-21-7-2-8-22-39)60-57(61-56)47-32-18-31-46-45-30-14-16-34-53(45)62-54(46)47/h1-37H. The third-order valence-corrected chi connectivity index (χ3v) is 13.6. The second-order valence-electron chi connectivity index (χ2n) is 15.9. The largest absolute Gasteiger partial charge is 0.208 e. The van der Waals surface area contributed by atoms with Crippen molar-refractivity contribution in [1.82, 2.24) is 15.0 Å². The van der Waals surface area contributed by atoms with Gasteiger partial charge < -0.3 is 0 Å². The van der Waals surface area contributed by atoms with Crippen LogP contribution in [0.2, 0.25) is 0 Å². The molecule has 0 amide bonds. The summed E-state index contributed by atoms with van der Waals surface area (Å²) in [6.45, 7) is 0. The Balaban J connectivity index is 1.10. The van der Waals surface area contributed by atoms with Gasteiger partial charge in [0.1, 0.15) is 0 Å². The van der Waals surface area contributed by atoms with E-state index in [1.54, 1.807) is 11.3 Å². The molecule has 0 N–H and O–H groups in total. The summed E-state index contributed by atoms with van der Waals surface area (Å²) in [7, 11) is 0. The summed E-state index contributed by atoms with van der Waals surface area (Å²) < 4.78 is 2.42. The van der Waals surface area contributed by atoms with Crippen LogP contribution in [-0.2, 0) is 5.41 Å². The molecule has 0 unspecified atom stereocenters. The molecule has 0 fully saturated rings. The number of benzene rings is 9. The summed E-state index contributed by atoms with van der Waals surface area (Å²) in [6, 6.07) is 80.7. The van der Waals surface area contributed by atoms with Crippen molar-refractivity contribution in [2.45, 2.75) is 5.41 Å². The van der Waals surface area contributed by atoms with Crippen LogP contribution in [0, 0.1) is 0 Å². The van der Waals surface area contributed by atoms with Crippen molar-refractivity contribution in [3.8, 4) is 67.5 Å². The zero-order valence-electron chi connectivity index (χ0n) is 33.6. The smallest absolute Gasteiger partial charge is 0.165 e. The van der Waals surface area contributed by atoms with Gasteiger partial charge in [-0.1, -0.05) is 194 Å². The van der Waals surface area contributed by atoms with Crippen molar-refractivity contribution in [3.05, 3.63) is 247 Å². The summed E-state index contributed by atoms with van der Waals surface area (Å²) in [5.74, 6) is 1.93. The molecule has 1 aliphatic carbocycles. The zero-order valence-corrected chi connectivity index (χ0v) is 34.4. The summed E-state index contributed by atoms with van der Waals surface area (Å²) >= 11 is 1.79. The van der Waals surface area contributed by atoms with Crippen LogP contribution in [0.25, 0.3) is 87.7 Å². The first-order valence-corrected chi connectivity index (χ1v) is 21.8. The van der Waals surface area contributed by atoms with E-state index in [0.717, 1.165) is 33.4 Å². The van der Waals surface area contributed by atoms with E-state index in [4.69, 9.17) is 15.0 Å². The zero-order chi connectivity index (χ0) is 41.0. The van der Waals surface area contributed by atoms with Crippen LogP contribution in [-0.4, -0.2) is 15.0 Å². The van der Waals surface area contributed by atoms with Crippen LogP contribution in [0.3, 0.4) is 0 Å². The minimum atomic E-state index is -0.530. The van der Waals surface area contributed by atoms with Gasteiger partial charge in [0.2, 0.25) is 0 Å². The maximum Gasteiger partial charge on any atom is 0.165 e. The molecule has 0 bridgehead atoms. The number of aromatic nitrogens is 3. The highest BCUT2D eigenvalue weighted by molar-refractivity contribution is 7.26. The molecule has 62 heavy (non-hydrogen) atoms. The van der Waals surface area contributed by atoms with Gasteiger partial charge >= 0.3 is 0 Å². The predicted octanol–water partition coefficient (Wildman–Crippen LogP) is 14.9. The number of hydrogen-bond acceptors (Lipinski definition) is 4. The van der Waals surface area contributed by atoms with Gasteiger partial charge in [0.25, 0.3) is 0 Å². The highest BCUT2D eigenvalue weighted by Gasteiger charge is 2.46. The maximum absolute atomic E-state index is 5.31. The minimum absolute atomic E-state index is 0.530. The van der Waals surface area contributed by atoms with Crippen LogP contribution in [0.15, 0.2) is 224 Å².